The van der Waals surface area contributed by atoms with Crippen molar-refractivity contribution in [2.24, 2.45) is 5.92 Å². The van der Waals surface area contributed by atoms with E-state index in [1.807, 2.05) is 0 Å². The Morgan fingerprint density at radius 3 is 2.42 bits per heavy atom. The Morgan fingerprint density at radius 1 is 1.25 bits per heavy atom. The van der Waals surface area contributed by atoms with Crippen LogP contribution in [-0.2, 0) is 9.53 Å². The highest BCUT2D eigenvalue weighted by Crippen LogP contribution is 2.36. The zero-order chi connectivity index (χ0) is 17.9. The summed E-state index contributed by atoms with van der Waals surface area (Å²) >= 11 is 0. The van der Waals surface area contributed by atoms with Crippen LogP contribution in [0.5, 0.6) is 5.75 Å². The number of carboxylic acids is 1. The van der Waals surface area contributed by atoms with Gasteiger partial charge in [0.15, 0.2) is 6.10 Å². The molecule has 24 heavy (non-hydrogen) atoms. The molecule has 0 aromatic heterocycles. The van der Waals surface area contributed by atoms with E-state index >= 15 is 0 Å². The van der Waals surface area contributed by atoms with Crippen LogP contribution in [0.2, 0.25) is 0 Å². The molecule has 1 saturated carbocycles. The third-order valence-electron chi connectivity index (χ3n) is 4.40. The standard InChI is InChI=1S/C17H20F2O5/c1-10-7-8-12(9-13(10)20)15(21)24-14(17(18,19)16(22)23)11-5-3-2-4-6-11/h7-9,11,14,20H,2-6H2,1H3,(H,22,23). The number of carbonyl (C=O) groups excluding carboxylic acids is 1. The van der Waals surface area contributed by atoms with E-state index in [1.54, 1.807) is 6.92 Å². The zero-order valence-corrected chi connectivity index (χ0v) is 13.3. The summed E-state index contributed by atoms with van der Waals surface area (Å²) in [6, 6.07) is 3.92. The van der Waals surface area contributed by atoms with Gasteiger partial charge in [-0.25, -0.2) is 9.59 Å². The fraction of sp³-hybridized carbons (Fsp3) is 0.529. The number of aliphatic carboxylic acids is 1. The van der Waals surface area contributed by atoms with Gasteiger partial charge in [-0.1, -0.05) is 25.3 Å². The van der Waals surface area contributed by atoms with Crippen molar-refractivity contribution < 1.29 is 33.3 Å². The summed E-state index contributed by atoms with van der Waals surface area (Å²) in [5.41, 5.74) is 0.423. The SMILES string of the molecule is Cc1ccc(C(=O)OC(C2CCCCC2)C(F)(F)C(=O)O)cc1O. The molecule has 7 heteroatoms. The number of phenolic OH excluding ortho intramolecular Hbond substituents is 1. The van der Waals surface area contributed by atoms with E-state index in [-0.39, 0.29) is 11.3 Å². The van der Waals surface area contributed by atoms with Crippen molar-refractivity contribution in [2.45, 2.75) is 51.1 Å². The molecule has 5 nitrogen and oxygen atoms in total. The highest BCUT2D eigenvalue weighted by Gasteiger charge is 2.53. The number of halogens is 2. The molecule has 132 valence electrons. The molecule has 1 aliphatic rings. The molecule has 0 aliphatic heterocycles. The lowest BCUT2D eigenvalue weighted by atomic mass is 9.83. The van der Waals surface area contributed by atoms with Crippen molar-refractivity contribution in [1.82, 2.24) is 0 Å². The smallest absolute Gasteiger partial charge is 0.378 e. The van der Waals surface area contributed by atoms with E-state index < -0.39 is 29.9 Å². The maximum Gasteiger partial charge on any atom is 0.378 e. The Balaban J connectivity index is 2.25. The van der Waals surface area contributed by atoms with Crippen molar-refractivity contribution in [2.75, 3.05) is 0 Å². The molecule has 1 aromatic carbocycles. The van der Waals surface area contributed by atoms with Crippen molar-refractivity contribution in [3.63, 3.8) is 0 Å². The molecule has 2 rings (SSSR count). The number of ether oxygens (including phenoxy) is 1. The number of hydrogen-bond acceptors (Lipinski definition) is 4. The largest absolute Gasteiger partial charge is 0.508 e. The van der Waals surface area contributed by atoms with Crippen LogP contribution in [0.4, 0.5) is 8.78 Å². The maximum atomic E-state index is 14.1. The molecule has 0 saturated heterocycles. The molecule has 1 atom stereocenters. The number of carboxylic acid groups (broad SMARTS) is 1. The number of alkyl halides is 2. The lowest BCUT2D eigenvalue weighted by Crippen LogP contribution is -2.48. The van der Waals surface area contributed by atoms with Gasteiger partial charge >= 0.3 is 17.9 Å². The summed E-state index contributed by atoms with van der Waals surface area (Å²) in [4.78, 5) is 23.1. The van der Waals surface area contributed by atoms with Crippen molar-refractivity contribution in [3.8, 4) is 5.75 Å². The highest BCUT2D eigenvalue weighted by atomic mass is 19.3. The molecule has 1 aliphatic carbocycles. The van der Waals surface area contributed by atoms with Crippen molar-refractivity contribution >= 4 is 11.9 Å². The first-order chi connectivity index (χ1) is 11.2. The first-order valence-electron chi connectivity index (χ1n) is 7.85. The average molecular weight is 342 g/mol. The molecule has 0 amide bonds. The Bertz CT molecular complexity index is 623. The van der Waals surface area contributed by atoms with E-state index in [0.717, 1.165) is 12.5 Å². The summed E-state index contributed by atoms with van der Waals surface area (Å²) in [7, 11) is 0. The fourth-order valence-electron chi connectivity index (χ4n) is 2.94. The number of esters is 1. The Hall–Kier alpha value is -2.18. The molecular weight excluding hydrogens is 322 g/mol. The predicted octanol–water partition coefficient (Wildman–Crippen LogP) is 3.53. The summed E-state index contributed by atoms with van der Waals surface area (Å²) in [5, 5.41) is 18.5. The van der Waals surface area contributed by atoms with Gasteiger partial charge in [-0.3, -0.25) is 0 Å². The van der Waals surface area contributed by atoms with Gasteiger partial charge in [-0.05, 0) is 37.5 Å². The molecule has 0 radical (unpaired) electrons. The van der Waals surface area contributed by atoms with E-state index in [2.05, 4.69) is 0 Å². The van der Waals surface area contributed by atoms with E-state index in [4.69, 9.17) is 9.84 Å². The summed E-state index contributed by atoms with van der Waals surface area (Å²) < 4.78 is 33.1. The second-order valence-electron chi connectivity index (χ2n) is 6.15. The summed E-state index contributed by atoms with van der Waals surface area (Å²) in [5.74, 6) is -8.40. The van der Waals surface area contributed by atoms with Crippen LogP contribution in [0.15, 0.2) is 18.2 Å². The lowest BCUT2D eigenvalue weighted by molar-refractivity contribution is -0.189. The van der Waals surface area contributed by atoms with Gasteiger partial charge < -0.3 is 14.9 Å². The quantitative estimate of drug-likeness (QED) is 0.800. The topological polar surface area (TPSA) is 83.8 Å². The monoisotopic (exact) mass is 342 g/mol. The van der Waals surface area contributed by atoms with E-state index in [0.29, 0.717) is 31.2 Å². The van der Waals surface area contributed by atoms with Crippen LogP contribution in [0.25, 0.3) is 0 Å². The molecular formula is C17H20F2O5. The second-order valence-corrected chi connectivity index (χ2v) is 6.15. The molecule has 0 heterocycles. The fourth-order valence-corrected chi connectivity index (χ4v) is 2.94. The Kier molecular flexibility index (Phi) is 5.41. The molecule has 1 aromatic rings. The Labute approximate surface area is 138 Å². The van der Waals surface area contributed by atoms with Gasteiger partial charge in [-0.2, -0.15) is 8.78 Å². The third-order valence-corrected chi connectivity index (χ3v) is 4.40. The Morgan fingerprint density at radius 2 is 1.88 bits per heavy atom. The molecule has 0 bridgehead atoms. The number of hydrogen-bond donors (Lipinski definition) is 2. The molecule has 2 N–H and O–H groups in total. The molecule has 1 unspecified atom stereocenters. The normalized spacial score (nSPS) is 17.3. The predicted molar refractivity (Wildman–Crippen MR) is 81.2 cm³/mol. The minimum Gasteiger partial charge on any atom is -0.508 e. The first kappa shape index (κ1) is 18.2. The number of benzene rings is 1. The van der Waals surface area contributed by atoms with Crippen LogP contribution in [0.1, 0.15) is 48.0 Å². The van der Waals surface area contributed by atoms with Crippen LogP contribution >= 0.6 is 0 Å². The molecule has 0 spiro atoms. The van der Waals surface area contributed by atoms with E-state index in [9.17, 15) is 23.5 Å². The third kappa shape index (κ3) is 3.83. The van der Waals surface area contributed by atoms with E-state index in [1.165, 1.54) is 12.1 Å². The van der Waals surface area contributed by atoms with Crippen LogP contribution in [0, 0.1) is 12.8 Å². The van der Waals surface area contributed by atoms with Gasteiger partial charge in [0.05, 0.1) is 5.56 Å². The van der Waals surface area contributed by atoms with Crippen LogP contribution in [-0.4, -0.2) is 34.2 Å². The van der Waals surface area contributed by atoms with Crippen LogP contribution in [0.3, 0.4) is 0 Å². The van der Waals surface area contributed by atoms with Gasteiger partial charge in [-0.15, -0.1) is 0 Å². The summed E-state index contributed by atoms with van der Waals surface area (Å²) in [6.07, 6.45) is 1.03. The lowest BCUT2D eigenvalue weighted by Gasteiger charge is -2.33. The van der Waals surface area contributed by atoms with Gasteiger partial charge in [0.25, 0.3) is 0 Å². The second kappa shape index (κ2) is 7.15. The van der Waals surface area contributed by atoms with Gasteiger partial charge in [0, 0.05) is 5.92 Å². The van der Waals surface area contributed by atoms with Crippen LogP contribution < -0.4 is 0 Å². The minimum absolute atomic E-state index is 0.0971. The number of aryl methyl sites for hydroxylation is 1. The number of rotatable bonds is 5. The number of phenols is 1. The number of carbonyl (C=O) groups is 2. The minimum atomic E-state index is -4.16. The maximum absolute atomic E-state index is 14.1. The summed E-state index contributed by atoms with van der Waals surface area (Å²) in [6.45, 7) is 1.62. The molecule has 1 fully saturated rings. The van der Waals surface area contributed by atoms with Gasteiger partial charge in [0.2, 0.25) is 0 Å². The first-order valence-corrected chi connectivity index (χ1v) is 7.85. The zero-order valence-electron chi connectivity index (χ0n) is 13.3. The van der Waals surface area contributed by atoms with Gasteiger partial charge in [0.1, 0.15) is 5.75 Å². The van der Waals surface area contributed by atoms with Crippen molar-refractivity contribution in [3.05, 3.63) is 29.3 Å². The number of aromatic hydroxyl groups is 1. The highest BCUT2D eigenvalue weighted by molar-refractivity contribution is 5.90. The average Bonchev–Trinajstić information content (AvgIpc) is 2.55. The van der Waals surface area contributed by atoms with Crippen molar-refractivity contribution in [1.29, 1.82) is 0 Å².